The lowest BCUT2D eigenvalue weighted by atomic mass is 9.98. The molecule has 2 rings (SSSR count). The highest BCUT2D eigenvalue weighted by molar-refractivity contribution is 14.1. The van der Waals surface area contributed by atoms with Crippen molar-refractivity contribution in [3.63, 3.8) is 0 Å². The summed E-state index contributed by atoms with van der Waals surface area (Å²) in [5.74, 6) is 0.0921. The highest BCUT2D eigenvalue weighted by Crippen LogP contribution is 2.29. The van der Waals surface area contributed by atoms with Gasteiger partial charge < -0.3 is 9.64 Å². The number of ether oxygens (including phenoxy) is 1. The van der Waals surface area contributed by atoms with E-state index in [9.17, 15) is 4.79 Å². The van der Waals surface area contributed by atoms with E-state index in [1.807, 2.05) is 56.9 Å². The van der Waals surface area contributed by atoms with Crippen molar-refractivity contribution >= 4 is 28.5 Å². The SMILES string of the molecule is CC1(C)CN(C(=O)c2ccccc2I)CC(C)(C)O1. The largest absolute Gasteiger partial charge is 0.366 e. The van der Waals surface area contributed by atoms with Gasteiger partial charge in [-0.15, -0.1) is 0 Å². The third-order valence-electron chi connectivity index (χ3n) is 3.09. The van der Waals surface area contributed by atoms with Gasteiger partial charge in [-0.25, -0.2) is 0 Å². The summed E-state index contributed by atoms with van der Waals surface area (Å²) in [4.78, 5) is 14.6. The van der Waals surface area contributed by atoms with Crippen molar-refractivity contribution in [2.45, 2.75) is 38.9 Å². The maximum atomic E-state index is 12.7. The smallest absolute Gasteiger partial charge is 0.255 e. The van der Waals surface area contributed by atoms with Crippen molar-refractivity contribution in [1.82, 2.24) is 4.90 Å². The standard InChI is InChI=1S/C15H20INO2/c1-14(2)9-17(10-15(3,4)19-14)13(18)11-7-5-6-8-12(11)16/h5-8H,9-10H2,1-4H3. The summed E-state index contributed by atoms with van der Waals surface area (Å²) in [6, 6.07) is 7.71. The van der Waals surface area contributed by atoms with Crippen LogP contribution in [0.2, 0.25) is 0 Å². The van der Waals surface area contributed by atoms with E-state index in [0.29, 0.717) is 13.1 Å². The molecule has 1 fully saturated rings. The summed E-state index contributed by atoms with van der Waals surface area (Å²) in [6.45, 7) is 9.38. The van der Waals surface area contributed by atoms with Gasteiger partial charge in [0.05, 0.1) is 16.8 Å². The molecule has 0 atom stereocenters. The third-order valence-corrected chi connectivity index (χ3v) is 4.03. The zero-order valence-electron chi connectivity index (χ0n) is 11.9. The average molecular weight is 373 g/mol. The molecule has 19 heavy (non-hydrogen) atoms. The van der Waals surface area contributed by atoms with E-state index < -0.39 is 0 Å². The molecule has 0 spiro atoms. The van der Waals surface area contributed by atoms with Gasteiger partial charge in [0.25, 0.3) is 5.91 Å². The molecule has 0 unspecified atom stereocenters. The lowest BCUT2D eigenvalue weighted by molar-refractivity contribution is -0.171. The molecule has 1 heterocycles. The molecule has 1 aromatic rings. The lowest BCUT2D eigenvalue weighted by Gasteiger charge is -2.47. The molecule has 3 nitrogen and oxygen atoms in total. The van der Waals surface area contributed by atoms with E-state index in [2.05, 4.69) is 22.6 Å². The minimum Gasteiger partial charge on any atom is -0.366 e. The Balaban J connectivity index is 2.27. The van der Waals surface area contributed by atoms with Crippen molar-refractivity contribution in [3.05, 3.63) is 33.4 Å². The fraction of sp³-hybridized carbons (Fsp3) is 0.533. The number of hydrogen-bond acceptors (Lipinski definition) is 2. The maximum Gasteiger partial charge on any atom is 0.255 e. The molecule has 0 saturated carbocycles. The van der Waals surface area contributed by atoms with E-state index >= 15 is 0 Å². The van der Waals surface area contributed by atoms with Gasteiger partial charge in [0.2, 0.25) is 0 Å². The van der Waals surface area contributed by atoms with Crippen LogP contribution >= 0.6 is 22.6 Å². The first-order valence-electron chi connectivity index (χ1n) is 6.44. The molecular weight excluding hydrogens is 353 g/mol. The van der Waals surface area contributed by atoms with Crippen LogP contribution in [0, 0.1) is 3.57 Å². The van der Waals surface area contributed by atoms with Crippen LogP contribution < -0.4 is 0 Å². The zero-order valence-corrected chi connectivity index (χ0v) is 14.0. The molecular formula is C15H20INO2. The second-order valence-electron chi connectivity index (χ2n) is 6.26. The molecule has 1 aromatic carbocycles. The van der Waals surface area contributed by atoms with Crippen LogP contribution in [0.4, 0.5) is 0 Å². The van der Waals surface area contributed by atoms with Crippen LogP contribution in [0.25, 0.3) is 0 Å². The molecule has 0 N–H and O–H groups in total. The van der Waals surface area contributed by atoms with E-state index in [-0.39, 0.29) is 17.1 Å². The van der Waals surface area contributed by atoms with E-state index in [1.165, 1.54) is 0 Å². The number of amides is 1. The molecule has 1 saturated heterocycles. The fourth-order valence-corrected chi connectivity index (χ4v) is 3.35. The molecule has 0 aliphatic carbocycles. The first-order valence-corrected chi connectivity index (χ1v) is 7.52. The van der Waals surface area contributed by atoms with Gasteiger partial charge in [-0.3, -0.25) is 4.79 Å². The summed E-state index contributed by atoms with van der Waals surface area (Å²) in [7, 11) is 0. The number of carbonyl (C=O) groups is 1. The predicted octanol–water partition coefficient (Wildman–Crippen LogP) is 3.32. The molecule has 104 valence electrons. The Kier molecular flexibility index (Phi) is 3.93. The number of halogens is 1. The van der Waals surface area contributed by atoms with Crippen LogP contribution in [0.1, 0.15) is 38.1 Å². The molecule has 1 amide bonds. The topological polar surface area (TPSA) is 29.5 Å². The Morgan fingerprint density at radius 3 is 2.21 bits per heavy atom. The van der Waals surface area contributed by atoms with E-state index in [4.69, 9.17) is 4.74 Å². The van der Waals surface area contributed by atoms with Gasteiger partial charge in [-0.2, -0.15) is 0 Å². The predicted molar refractivity (Wildman–Crippen MR) is 84.3 cm³/mol. The zero-order chi connectivity index (χ0) is 14.3. The quantitative estimate of drug-likeness (QED) is 0.707. The van der Waals surface area contributed by atoms with Gasteiger partial charge in [-0.1, -0.05) is 12.1 Å². The first kappa shape index (κ1) is 14.8. The third kappa shape index (κ3) is 3.48. The fourth-order valence-electron chi connectivity index (χ4n) is 2.74. The van der Waals surface area contributed by atoms with Crippen molar-refractivity contribution in [2.24, 2.45) is 0 Å². The molecule has 1 aliphatic heterocycles. The minimum absolute atomic E-state index is 0.0921. The maximum absolute atomic E-state index is 12.7. The summed E-state index contributed by atoms with van der Waals surface area (Å²) < 4.78 is 7.00. The first-order chi connectivity index (χ1) is 8.70. The summed E-state index contributed by atoms with van der Waals surface area (Å²) >= 11 is 2.21. The van der Waals surface area contributed by atoms with Crippen molar-refractivity contribution in [3.8, 4) is 0 Å². The highest BCUT2D eigenvalue weighted by atomic mass is 127. The van der Waals surface area contributed by atoms with E-state index in [1.54, 1.807) is 0 Å². The molecule has 0 radical (unpaired) electrons. The average Bonchev–Trinajstić information content (AvgIpc) is 2.24. The van der Waals surface area contributed by atoms with Crippen molar-refractivity contribution in [1.29, 1.82) is 0 Å². The Bertz CT molecular complexity index is 481. The lowest BCUT2D eigenvalue weighted by Crippen LogP contribution is -2.58. The normalized spacial score (nSPS) is 21.2. The van der Waals surface area contributed by atoms with Gasteiger partial charge in [0, 0.05) is 16.7 Å². The summed E-state index contributed by atoms with van der Waals surface area (Å²) in [6.07, 6.45) is 0. The van der Waals surface area contributed by atoms with Crippen LogP contribution in [0.5, 0.6) is 0 Å². The van der Waals surface area contributed by atoms with Crippen LogP contribution in [0.3, 0.4) is 0 Å². The number of nitrogens with zero attached hydrogens (tertiary/aromatic N) is 1. The number of benzene rings is 1. The van der Waals surface area contributed by atoms with Crippen molar-refractivity contribution < 1.29 is 9.53 Å². The molecule has 0 aromatic heterocycles. The second-order valence-corrected chi connectivity index (χ2v) is 7.42. The summed E-state index contributed by atoms with van der Waals surface area (Å²) in [5, 5.41) is 0. The number of carbonyl (C=O) groups excluding carboxylic acids is 1. The molecule has 0 bridgehead atoms. The van der Waals surface area contributed by atoms with Gasteiger partial charge >= 0.3 is 0 Å². The Morgan fingerprint density at radius 2 is 1.68 bits per heavy atom. The Hall–Kier alpha value is -0.620. The Morgan fingerprint density at radius 1 is 1.16 bits per heavy atom. The summed E-state index contributed by atoms with van der Waals surface area (Å²) in [5.41, 5.74) is 0.159. The van der Waals surface area contributed by atoms with Crippen molar-refractivity contribution in [2.75, 3.05) is 13.1 Å². The number of morpholine rings is 1. The van der Waals surface area contributed by atoms with Crippen LogP contribution in [-0.4, -0.2) is 35.1 Å². The van der Waals surface area contributed by atoms with E-state index in [0.717, 1.165) is 9.13 Å². The highest BCUT2D eigenvalue weighted by Gasteiger charge is 2.40. The Labute approximate surface area is 128 Å². The van der Waals surface area contributed by atoms with Crippen LogP contribution in [0.15, 0.2) is 24.3 Å². The minimum atomic E-state index is -0.308. The van der Waals surface area contributed by atoms with Crippen LogP contribution in [-0.2, 0) is 4.74 Å². The number of rotatable bonds is 1. The molecule has 4 heteroatoms. The second kappa shape index (κ2) is 5.05. The van der Waals surface area contributed by atoms with Gasteiger partial charge in [0.15, 0.2) is 0 Å². The van der Waals surface area contributed by atoms with Gasteiger partial charge in [0.1, 0.15) is 0 Å². The monoisotopic (exact) mass is 373 g/mol. The van der Waals surface area contributed by atoms with Gasteiger partial charge in [-0.05, 0) is 62.4 Å². The number of hydrogen-bond donors (Lipinski definition) is 0. The molecule has 1 aliphatic rings.